The van der Waals surface area contributed by atoms with Gasteiger partial charge in [0.05, 0.1) is 56.5 Å². The minimum absolute atomic E-state index is 0.0437. The van der Waals surface area contributed by atoms with Crippen molar-refractivity contribution in [3.05, 3.63) is 97.0 Å². The molecule has 0 bridgehead atoms. The highest BCUT2D eigenvalue weighted by molar-refractivity contribution is 5.92. The van der Waals surface area contributed by atoms with Gasteiger partial charge in [0, 0.05) is 23.8 Å². The van der Waals surface area contributed by atoms with Gasteiger partial charge in [0.25, 0.3) is 11.2 Å². The number of benzene rings is 2. The zero-order valence-corrected chi connectivity index (χ0v) is 25.4. The molecule has 45 heavy (non-hydrogen) atoms. The highest BCUT2D eigenvalue weighted by atomic mass is 16.6. The van der Waals surface area contributed by atoms with Crippen molar-refractivity contribution in [1.82, 2.24) is 14.7 Å². The molecule has 0 spiro atoms. The normalized spacial score (nSPS) is 14.0. The Hall–Kier alpha value is -5.66. The van der Waals surface area contributed by atoms with Crippen LogP contribution < -0.4 is 24.5 Å². The number of fused-ring (bicyclic) bond motifs is 1. The first kappa shape index (κ1) is 30.8. The fourth-order valence-corrected chi connectivity index (χ4v) is 5.22. The molecule has 3 heterocycles. The van der Waals surface area contributed by atoms with Crippen LogP contribution in [0, 0.1) is 17.0 Å². The monoisotopic (exact) mass is 618 g/mol. The van der Waals surface area contributed by atoms with Gasteiger partial charge < -0.3 is 28.2 Å². The molecule has 4 aromatic rings. The molecule has 0 saturated heterocycles. The number of nitrogens with zero attached hydrogens (tertiary/aromatic N) is 4. The van der Waals surface area contributed by atoms with Crippen molar-refractivity contribution in [2.24, 2.45) is 0 Å². The van der Waals surface area contributed by atoms with Crippen LogP contribution in [-0.4, -0.2) is 53.5 Å². The number of hydrogen-bond acceptors (Lipinski definition) is 12. The highest BCUT2D eigenvalue weighted by Gasteiger charge is 2.39. The summed E-state index contributed by atoms with van der Waals surface area (Å²) >= 11 is 0. The number of aryl methyl sites for hydroxylation is 1. The Morgan fingerprint density at radius 1 is 1.04 bits per heavy atom. The smallest absolute Gasteiger partial charge is 0.338 e. The van der Waals surface area contributed by atoms with E-state index >= 15 is 0 Å². The Balaban J connectivity index is 1.63. The quantitative estimate of drug-likeness (QED) is 0.138. The molecule has 234 valence electrons. The van der Waals surface area contributed by atoms with E-state index in [1.807, 2.05) is 0 Å². The molecule has 5 rings (SSSR count). The number of hydrogen-bond donors (Lipinski definition) is 0. The summed E-state index contributed by atoms with van der Waals surface area (Å²) in [6.07, 6.45) is 0. The number of aromatic nitrogens is 3. The van der Waals surface area contributed by atoms with Crippen LogP contribution in [0.3, 0.4) is 0 Å². The third kappa shape index (κ3) is 5.69. The average Bonchev–Trinajstić information content (AvgIpc) is 3.50. The maximum Gasteiger partial charge on any atom is 0.338 e. The zero-order valence-electron chi connectivity index (χ0n) is 25.4. The zero-order chi connectivity index (χ0) is 32.4. The van der Waals surface area contributed by atoms with Crippen molar-refractivity contribution < 1.29 is 37.9 Å². The van der Waals surface area contributed by atoms with Crippen LogP contribution >= 0.6 is 0 Å². The molecule has 14 heteroatoms. The van der Waals surface area contributed by atoms with Crippen LogP contribution in [0.4, 0.5) is 5.69 Å². The lowest BCUT2D eigenvalue weighted by Crippen LogP contribution is -2.34. The third-order valence-corrected chi connectivity index (χ3v) is 7.33. The van der Waals surface area contributed by atoms with E-state index in [0.29, 0.717) is 45.7 Å². The van der Waals surface area contributed by atoms with Crippen molar-refractivity contribution in [1.29, 1.82) is 0 Å². The number of allylic oxidation sites excluding steroid dienone is 1. The minimum atomic E-state index is -0.973. The maximum atomic E-state index is 14.3. The van der Waals surface area contributed by atoms with Gasteiger partial charge in [-0.3, -0.25) is 19.5 Å². The maximum absolute atomic E-state index is 14.3. The molecule has 1 aliphatic rings. The molecule has 2 aromatic heterocycles. The van der Waals surface area contributed by atoms with Gasteiger partial charge in [-0.1, -0.05) is 5.16 Å². The van der Waals surface area contributed by atoms with E-state index < -0.39 is 22.4 Å². The van der Waals surface area contributed by atoms with Crippen LogP contribution in [0.15, 0.2) is 63.1 Å². The van der Waals surface area contributed by atoms with Gasteiger partial charge in [0.1, 0.15) is 17.3 Å². The van der Waals surface area contributed by atoms with E-state index in [1.165, 1.54) is 38.0 Å². The number of nitro groups is 1. The Morgan fingerprint density at radius 2 is 1.71 bits per heavy atom. The predicted octanol–water partition coefficient (Wildman–Crippen LogP) is 4.55. The Kier molecular flexibility index (Phi) is 8.57. The second kappa shape index (κ2) is 12.5. The molecule has 0 radical (unpaired) electrons. The van der Waals surface area contributed by atoms with Crippen molar-refractivity contribution in [3.8, 4) is 34.4 Å². The number of esters is 1. The molecular weight excluding hydrogens is 588 g/mol. The Bertz CT molecular complexity index is 1850. The summed E-state index contributed by atoms with van der Waals surface area (Å²) in [6.45, 7) is 4.98. The molecular formula is C31H30N4O10. The van der Waals surface area contributed by atoms with Crippen molar-refractivity contribution in [2.75, 3.05) is 27.9 Å². The van der Waals surface area contributed by atoms with Crippen molar-refractivity contribution >= 4 is 11.7 Å². The molecule has 2 aromatic carbocycles. The van der Waals surface area contributed by atoms with Crippen molar-refractivity contribution in [3.63, 3.8) is 0 Å². The van der Waals surface area contributed by atoms with Crippen LogP contribution in [0.1, 0.15) is 42.5 Å². The van der Waals surface area contributed by atoms with Gasteiger partial charge in [0.15, 0.2) is 17.3 Å². The first-order valence-electron chi connectivity index (χ1n) is 13.8. The van der Waals surface area contributed by atoms with Crippen LogP contribution in [-0.2, 0) is 16.1 Å². The fraction of sp³-hybridized carbons (Fsp3) is 0.290. The second-order valence-electron chi connectivity index (χ2n) is 9.94. The van der Waals surface area contributed by atoms with E-state index in [1.54, 1.807) is 51.1 Å². The fourth-order valence-electron chi connectivity index (χ4n) is 5.22. The highest BCUT2D eigenvalue weighted by Crippen LogP contribution is 2.46. The van der Waals surface area contributed by atoms with E-state index in [4.69, 9.17) is 28.2 Å². The van der Waals surface area contributed by atoms with E-state index in [2.05, 4.69) is 10.1 Å². The number of non-ortho nitro benzene ring substituents is 1. The van der Waals surface area contributed by atoms with Gasteiger partial charge in [-0.05, 0) is 50.6 Å². The first-order valence-corrected chi connectivity index (χ1v) is 13.8. The lowest BCUT2D eigenvalue weighted by molar-refractivity contribution is -0.384. The largest absolute Gasteiger partial charge is 0.493 e. The first-order chi connectivity index (χ1) is 21.6. The number of carbonyl (C=O) groups is 1. The summed E-state index contributed by atoms with van der Waals surface area (Å²) in [6, 6.07) is 10.8. The van der Waals surface area contributed by atoms with Crippen LogP contribution in [0.5, 0.6) is 23.1 Å². The second-order valence-corrected chi connectivity index (χ2v) is 9.94. The lowest BCUT2D eigenvalue weighted by Gasteiger charge is -2.29. The summed E-state index contributed by atoms with van der Waals surface area (Å²) in [7, 11) is 4.40. The molecule has 0 N–H and O–H groups in total. The standard InChI is InChI=1S/C31H30N4O10/c1-7-43-31(37)25-16(2)44-29-27(26(25)19-12-23(40-4)28(42-6)24(13-19)41-5)30(36)34(17(3)32-29)15-21-14-22(33-45-21)18-8-10-20(11-9-18)35(38)39/h8-14,26H,7,15H2,1-6H3. The van der Waals surface area contributed by atoms with Crippen LogP contribution in [0.25, 0.3) is 11.3 Å². The molecule has 1 aliphatic heterocycles. The Morgan fingerprint density at radius 3 is 2.29 bits per heavy atom. The third-order valence-electron chi connectivity index (χ3n) is 7.33. The molecule has 14 nitrogen and oxygen atoms in total. The number of methoxy groups -OCH3 is 3. The van der Waals surface area contributed by atoms with E-state index in [9.17, 15) is 19.7 Å². The van der Waals surface area contributed by atoms with E-state index in [-0.39, 0.29) is 41.6 Å². The SMILES string of the molecule is CCOC(=O)C1=C(C)Oc2nc(C)n(Cc3cc(-c4ccc([N+](=O)[O-])cc4)no3)c(=O)c2C1c1cc(OC)c(OC)c(OC)c1. The summed E-state index contributed by atoms with van der Waals surface area (Å²) in [5, 5.41) is 15.1. The number of carbonyl (C=O) groups excluding carboxylic acids is 1. The van der Waals surface area contributed by atoms with Crippen molar-refractivity contribution in [2.45, 2.75) is 33.2 Å². The summed E-state index contributed by atoms with van der Waals surface area (Å²) in [5.41, 5.74) is 1.17. The van der Waals surface area contributed by atoms with Gasteiger partial charge in [0.2, 0.25) is 11.6 Å². The van der Waals surface area contributed by atoms with Gasteiger partial charge in [-0.2, -0.15) is 4.98 Å². The molecule has 0 fully saturated rings. The lowest BCUT2D eigenvalue weighted by atomic mass is 9.83. The Labute approximate surface area is 256 Å². The van der Waals surface area contributed by atoms with E-state index in [0.717, 1.165) is 0 Å². The molecule has 0 saturated carbocycles. The number of rotatable bonds is 10. The molecule has 0 aliphatic carbocycles. The average molecular weight is 619 g/mol. The summed E-state index contributed by atoms with van der Waals surface area (Å²) in [5.74, 6) is 0.268. The van der Waals surface area contributed by atoms with Gasteiger partial charge in [-0.15, -0.1) is 0 Å². The van der Waals surface area contributed by atoms with Gasteiger partial charge in [-0.25, -0.2) is 4.79 Å². The topological polar surface area (TPSA) is 167 Å². The predicted molar refractivity (Wildman–Crippen MR) is 159 cm³/mol. The minimum Gasteiger partial charge on any atom is -0.493 e. The van der Waals surface area contributed by atoms with Crippen LogP contribution in [0.2, 0.25) is 0 Å². The molecule has 0 amide bonds. The summed E-state index contributed by atoms with van der Waals surface area (Å²) < 4.78 is 34.8. The molecule has 1 atom stereocenters. The number of nitro benzene ring substituents is 1. The molecule has 1 unspecified atom stereocenters. The summed E-state index contributed by atoms with van der Waals surface area (Å²) in [4.78, 5) is 42.8. The van der Waals surface area contributed by atoms with Gasteiger partial charge >= 0.3 is 5.97 Å². The number of ether oxygens (including phenoxy) is 5.